The van der Waals surface area contributed by atoms with Gasteiger partial charge in [0.1, 0.15) is 24.4 Å². The summed E-state index contributed by atoms with van der Waals surface area (Å²) in [5.41, 5.74) is 6.13. The van der Waals surface area contributed by atoms with Crippen LogP contribution in [-0.2, 0) is 14.4 Å². The number of nitrogens with one attached hydrogen (secondary N) is 1. The molecule has 0 aromatic heterocycles. The summed E-state index contributed by atoms with van der Waals surface area (Å²) >= 11 is 0. The average molecular weight is 268 g/mol. The van der Waals surface area contributed by atoms with Gasteiger partial charge in [-0.2, -0.15) is 0 Å². The van der Waals surface area contributed by atoms with E-state index in [4.69, 9.17) is 15.3 Å². The number of nitrogens with two attached hydrogens (primary N) is 1. The van der Waals surface area contributed by atoms with Crippen LogP contribution in [-0.4, -0.2) is 75.0 Å². The highest BCUT2D eigenvalue weighted by Crippen LogP contribution is 2.07. The van der Waals surface area contributed by atoms with Gasteiger partial charge in [-0.3, -0.25) is 14.4 Å². The lowest BCUT2D eigenvalue weighted by Crippen LogP contribution is -2.51. The lowest BCUT2D eigenvalue weighted by atomic mass is 10.0. The highest BCUT2D eigenvalue weighted by molar-refractivity contribution is 6.34. The maximum absolute atomic E-state index is 10.7. The van der Waals surface area contributed by atoms with Crippen LogP contribution in [0.4, 0.5) is 0 Å². The summed E-state index contributed by atoms with van der Waals surface area (Å²) in [7, 11) is 0. The predicted octanol–water partition coefficient (Wildman–Crippen LogP) is -5.04. The Hall–Kier alpha value is -1.30. The van der Waals surface area contributed by atoms with Gasteiger partial charge in [0.05, 0.1) is 13.2 Å². The zero-order valence-electron chi connectivity index (χ0n) is 9.26. The Morgan fingerprint density at radius 2 is 1.67 bits per heavy atom. The van der Waals surface area contributed by atoms with E-state index in [-0.39, 0.29) is 0 Å². The molecule has 2 amide bonds. The molecule has 0 aliphatic heterocycles. The maximum atomic E-state index is 10.7. The van der Waals surface area contributed by atoms with E-state index in [1.165, 1.54) is 5.48 Å². The van der Waals surface area contributed by atoms with Crippen LogP contribution in [0.3, 0.4) is 0 Å². The number of amides is 2. The molecule has 0 aliphatic carbocycles. The Morgan fingerprint density at radius 1 is 1.11 bits per heavy atom. The second-order valence-corrected chi connectivity index (χ2v) is 3.37. The minimum atomic E-state index is -1.82. The molecule has 8 N–H and O–H groups in total. The van der Waals surface area contributed by atoms with Crippen molar-refractivity contribution in [2.24, 2.45) is 5.73 Å². The molecule has 0 aromatic carbocycles. The quantitative estimate of drug-likeness (QED) is 0.177. The summed E-state index contributed by atoms with van der Waals surface area (Å²) in [6.45, 7) is -1.67. The first-order chi connectivity index (χ1) is 8.34. The highest BCUT2D eigenvalue weighted by Gasteiger charge is 2.32. The summed E-state index contributed by atoms with van der Waals surface area (Å²) in [6, 6.07) is 0. The topological polar surface area (TPSA) is 183 Å². The molecule has 0 aliphatic rings. The van der Waals surface area contributed by atoms with E-state index in [0.29, 0.717) is 0 Å². The summed E-state index contributed by atoms with van der Waals surface area (Å²) in [4.78, 5) is 25.5. The molecule has 0 bridgehead atoms. The van der Waals surface area contributed by atoms with Crippen LogP contribution < -0.4 is 11.2 Å². The van der Waals surface area contributed by atoms with Crippen LogP contribution in [0.1, 0.15) is 0 Å². The van der Waals surface area contributed by atoms with Crippen molar-refractivity contribution in [2.45, 2.75) is 24.4 Å². The third-order valence-electron chi connectivity index (χ3n) is 2.02. The zero-order valence-corrected chi connectivity index (χ0v) is 9.26. The van der Waals surface area contributed by atoms with Gasteiger partial charge in [-0.05, 0) is 0 Å². The molecule has 0 saturated carbocycles. The van der Waals surface area contributed by atoms with Crippen molar-refractivity contribution in [1.29, 1.82) is 0 Å². The number of aliphatic hydroxyl groups is 5. The maximum Gasteiger partial charge on any atom is 0.332 e. The molecule has 18 heavy (non-hydrogen) atoms. The van der Waals surface area contributed by atoms with Crippen molar-refractivity contribution < 1.29 is 40.0 Å². The number of carbonyl (C=O) groups excluding carboxylic acids is 2. The van der Waals surface area contributed by atoms with Crippen LogP contribution in [0, 0.1) is 0 Å². The van der Waals surface area contributed by atoms with Crippen molar-refractivity contribution in [1.82, 2.24) is 5.48 Å². The van der Waals surface area contributed by atoms with Crippen molar-refractivity contribution in [3.63, 3.8) is 0 Å². The third-order valence-corrected chi connectivity index (χ3v) is 2.02. The minimum Gasteiger partial charge on any atom is -0.394 e. The Kier molecular flexibility index (Phi) is 7.35. The van der Waals surface area contributed by atoms with Gasteiger partial charge in [-0.1, -0.05) is 0 Å². The van der Waals surface area contributed by atoms with Gasteiger partial charge in [0.15, 0.2) is 0 Å². The first-order valence-electron chi connectivity index (χ1n) is 4.86. The first kappa shape index (κ1) is 16.7. The summed E-state index contributed by atoms with van der Waals surface area (Å²) in [5.74, 6) is -2.67. The average Bonchev–Trinajstić information content (AvgIpc) is 2.36. The van der Waals surface area contributed by atoms with Gasteiger partial charge in [0, 0.05) is 0 Å². The largest absolute Gasteiger partial charge is 0.394 e. The van der Waals surface area contributed by atoms with Crippen LogP contribution in [0.5, 0.6) is 0 Å². The molecular weight excluding hydrogens is 252 g/mol. The van der Waals surface area contributed by atoms with Crippen LogP contribution in [0.2, 0.25) is 0 Å². The minimum absolute atomic E-state index is 0.829. The number of hydrogen-bond donors (Lipinski definition) is 7. The number of hydroxylamine groups is 1. The van der Waals surface area contributed by atoms with Crippen LogP contribution in [0.15, 0.2) is 0 Å². The molecular formula is C8H16N2O8. The second-order valence-electron chi connectivity index (χ2n) is 3.37. The number of primary amides is 1. The molecule has 0 radical (unpaired) electrons. The Morgan fingerprint density at radius 3 is 2.06 bits per heavy atom. The van der Waals surface area contributed by atoms with E-state index >= 15 is 0 Å². The van der Waals surface area contributed by atoms with Gasteiger partial charge in [0.2, 0.25) is 0 Å². The SMILES string of the molecule is NC(=O)C(=O)NO[C@H](CO)[C@@H](O)[C@H](O)[C@H](O)CO. The first-order valence-corrected chi connectivity index (χ1v) is 4.86. The van der Waals surface area contributed by atoms with Crippen LogP contribution >= 0.6 is 0 Å². The van der Waals surface area contributed by atoms with Crippen molar-refractivity contribution in [3.05, 3.63) is 0 Å². The molecule has 0 saturated heterocycles. The highest BCUT2D eigenvalue weighted by atomic mass is 16.7. The normalized spacial score (nSPS) is 17.6. The molecule has 0 fully saturated rings. The molecule has 4 atom stereocenters. The second kappa shape index (κ2) is 7.92. The van der Waals surface area contributed by atoms with E-state index in [9.17, 15) is 19.8 Å². The fraction of sp³-hybridized carbons (Fsp3) is 0.750. The van der Waals surface area contributed by atoms with E-state index < -0.39 is 49.4 Å². The molecule has 10 nitrogen and oxygen atoms in total. The molecule has 0 aromatic rings. The Labute approximate surface area is 102 Å². The van der Waals surface area contributed by atoms with Crippen molar-refractivity contribution in [2.75, 3.05) is 13.2 Å². The molecule has 0 unspecified atom stereocenters. The number of rotatable bonds is 7. The monoisotopic (exact) mass is 268 g/mol. The van der Waals surface area contributed by atoms with E-state index in [1.807, 2.05) is 0 Å². The van der Waals surface area contributed by atoms with Gasteiger partial charge in [0.25, 0.3) is 0 Å². The van der Waals surface area contributed by atoms with E-state index in [0.717, 1.165) is 0 Å². The number of carbonyl (C=O) groups is 2. The molecule has 0 rings (SSSR count). The third kappa shape index (κ3) is 4.91. The van der Waals surface area contributed by atoms with Gasteiger partial charge in [-0.25, -0.2) is 5.48 Å². The van der Waals surface area contributed by atoms with Gasteiger partial charge in [-0.15, -0.1) is 0 Å². The molecule has 106 valence electrons. The van der Waals surface area contributed by atoms with Crippen molar-refractivity contribution >= 4 is 11.8 Å². The van der Waals surface area contributed by atoms with Crippen LogP contribution in [0.25, 0.3) is 0 Å². The zero-order chi connectivity index (χ0) is 14.3. The Balaban J connectivity index is 4.39. The van der Waals surface area contributed by atoms with Gasteiger partial charge >= 0.3 is 11.8 Å². The standard InChI is InChI=1S/C8H16N2O8/c9-7(16)8(17)10-18-4(2-12)6(15)5(14)3(13)1-11/h3-6,11-15H,1-2H2,(H2,9,16)(H,10,17)/t3-,4-,5-,6-/m1/s1. The fourth-order valence-electron chi connectivity index (χ4n) is 0.950. The van der Waals surface area contributed by atoms with Gasteiger partial charge < -0.3 is 31.3 Å². The smallest absolute Gasteiger partial charge is 0.332 e. The van der Waals surface area contributed by atoms with Crippen molar-refractivity contribution in [3.8, 4) is 0 Å². The molecule has 0 spiro atoms. The predicted molar refractivity (Wildman–Crippen MR) is 54.4 cm³/mol. The molecule has 10 heteroatoms. The fourth-order valence-corrected chi connectivity index (χ4v) is 0.950. The summed E-state index contributed by atoms with van der Waals surface area (Å²) < 4.78 is 0. The summed E-state index contributed by atoms with van der Waals surface area (Å²) in [6.07, 6.45) is -6.82. The Bertz CT molecular complexity index is 286. The van der Waals surface area contributed by atoms with E-state index in [1.54, 1.807) is 0 Å². The van der Waals surface area contributed by atoms with E-state index in [2.05, 4.69) is 10.6 Å². The molecule has 0 heterocycles. The lowest BCUT2D eigenvalue weighted by molar-refractivity contribution is -0.173. The lowest BCUT2D eigenvalue weighted by Gasteiger charge is -2.27. The number of hydrogen-bond acceptors (Lipinski definition) is 8. The summed E-state index contributed by atoms with van der Waals surface area (Å²) in [5, 5.41) is 45.2. The number of aliphatic hydroxyl groups excluding tert-OH is 5.